The van der Waals surface area contributed by atoms with Gasteiger partial charge >= 0.3 is 0 Å². The van der Waals surface area contributed by atoms with Crippen molar-refractivity contribution in [2.24, 2.45) is 5.73 Å². The molecule has 3 N–H and O–H groups in total. The van der Waals surface area contributed by atoms with Crippen molar-refractivity contribution in [1.82, 2.24) is 0 Å². The summed E-state index contributed by atoms with van der Waals surface area (Å²) in [5, 5.41) is 5.10. The molecule has 0 aliphatic carbocycles. The molecule has 1 aromatic heterocycles. The van der Waals surface area contributed by atoms with Gasteiger partial charge in [-0.2, -0.15) is 0 Å². The van der Waals surface area contributed by atoms with Crippen LogP contribution in [0.15, 0.2) is 29.6 Å². The molecule has 1 heterocycles. The standard InChI is InChI=1S/C14H13ClN2O3S/c1-8-2-3-10(15)11(6-8)20-7-12(18)17-14-9(13(16)19)4-5-21-14/h2-6H,7H2,1H3,(H2,16,19)(H,17,18). The second-order valence-electron chi connectivity index (χ2n) is 4.30. The topological polar surface area (TPSA) is 81.4 Å². The minimum Gasteiger partial charge on any atom is -0.482 e. The number of ether oxygens (including phenoxy) is 1. The third kappa shape index (κ3) is 3.96. The molecule has 0 bridgehead atoms. The zero-order valence-corrected chi connectivity index (χ0v) is 12.8. The van der Waals surface area contributed by atoms with E-state index < -0.39 is 11.8 Å². The van der Waals surface area contributed by atoms with Gasteiger partial charge in [0.2, 0.25) is 0 Å². The molecule has 0 aliphatic heterocycles. The summed E-state index contributed by atoms with van der Waals surface area (Å²) in [7, 11) is 0. The van der Waals surface area contributed by atoms with E-state index in [0.717, 1.165) is 5.56 Å². The first-order valence-corrected chi connectivity index (χ1v) is 7.29. The van der Waals surface area contributed by atoms with Crippen LogP contribution < -0.4 is 15.8 Å². The number of benzene rings is 1. The van der Waals surface area contributed by atoms with Gasteiger partial charge in [0, 0.05) is 0 Å². The monoisotopic (exact) mass is 324 g/mol. The van der Waals surface area contributed by atoms with Crippen molar-refractivity contribution in [1.29, 1.82) is 0 Å². The van der Waals surface area contributed by atoms with Crippen LogP contribution in [-0.4, -0.2) is 18.4 Å². The van der Waals surface area contributed by atoms with Crippen LogP contribution in [-0.2, 0) is 4.79 Å². The highest BCUT2D eigenvalue weighted by Gasteiger charge is 2.13. The van der Waals surface area contributed by atoms with Crippen molar-refractivity contribution in [3.63, 3.8) is 0 Å². The lowest BCUT2D eigenvalue weighted by Crippen LogP contribution is -2.21. The van der Waals surface area contributed by atoms with Crippen molar-refractivity contribution in [2.75, 3.05) is 11.9 Å². The van der Waals surface area contributed by atoms with Crippen molar-refractivity contribution in [3.05, 3.63) is 45.8 Å². The zero-order chi connectivity index (χ0) is 15.4. The van der Waals surface area contributed by atoms with Crippen LogP contribution in [0.2, 0.25) is 5.02 Å². The maximum absolute atomic E-state index is 11.8. The van der Waals surface area contributed by atoms with Gasteiger partial charge in [0.05, 0.1) is 10.6 Å². The molecule has 0 radical (unpaired) electrons. The maximum Gasteiger partial charge on any atom is 0.262 e. The lowest BCUT2D eigenvalue weighted by atomic mass is 10.2. The summed E-state index contributed by atoms with van der Waals surface area (Å²) in [5.74, 6) is -0.542. The Hall–Kier alpha value is -2.05. The number of anilines is 1. The second-order valence-corrected chi connectivity index (χ2v) is 5.62. The number of nitrogens with two attached hydrogens (primary N) is 1. The van der Waals surface area contributed by atoms with Gasteiger partial charge in [-0.15, -0.1) is 11.3 Å². The van der Waals surface area contributed by atoms with Crippen molar-refractivity contribution >= 4 is 39.8 Å². The third-order valence-corrected chi connectivity index (χ3v) is 3.77. The van der Waals surface area contributed by atoms with Gasteiger partial charge in [-0.05, 0) is 36.1 Å². The van der Waals surface area contributed by atoms with Gasteiger partial charge in [-0.25, -0.2) is 0 Å². The smallest absolute Gasteiger partial charge is 0.262 e. The van der Waals surface area contributed by atoms with Gasteiger partial charge < -0.3 is 15.8 Å². The van der Waals surface area contributed by atoms with E-state index in [4.69, 9.17) is 22.1 Å². The normalized spacial score (nSPS) is 10.2. The van der Waals surface area contributed by atoms with E-state index >= 15 is 0 Å². The number of primary amides is 1. The molecule has 0 aliphatic rings. The number of carbonyl (C=O) groups is 2. The summed E-state index contributed by atoms with van der Waals surface area (Å²) >= 11 is 7.19. The van der Waals surface area contributed by atoms with E-state index in [1.54, 1.807) is 23.6 Å². The average molecular weight is 325 g/mol. The van der Waals surface area contributed by atoms with Gasteiger partial charge in [0.25, 0.3) is 11.8 Å². The highest BCUT2D eigenvalue weighted by molar-refractivity contribution is 7.14. The molecule has 0 saturated heterocycles. The Labute approximate surface area is 130 Å². The molecular weight excluding hydrogens is 312 g/mol. The lowest BCUT2D eigenvalue weighted by molar-refractivity contribution is -0.118. The Morgan fingerprint density at radius 3 is 2.86 bits per heavy atom. The molecule has 1 aromatic carbocycles. The van der Waals surface area contributed by atoms with E-state index in [-0.39, 0.29) is 12.2 Å². The fraction of sp³-hybridized carbons (Fsp3) is 0.143. The molecule has 0 unspecified atom stereocenters. The summed E-state index contributed by atoms with van der Waals surface area (Å²) in [6.45, 7) is 1.69. The molecule has 21 heavy (non-hydrogen) atoms. The van der Waals surface area contributed by atoms with E-state index in [0.29, 0.717) is 15.8 Å². The summed E-state index contributed by atoms with van der Waals surface area (Å²) in [5.41, 5.74) is 6.46. The maximum atomic E-state index is 11.8. The van der Waals surface area contributed by atoms with Crippen LogP contribution in [0.3, 0.4) is 0 Å². The summed E-state index contributed by atoms with van der Waals surface area (Å²) in [6.07, 6.45) is 0. The average Bonchev–Trinajstić information content (AvgIpc) is 2.88. The first kappa shape index (κ1) is 15.3. The van der Waals surface area contributed by atoms with Gasteiger partial charge in [0.1, 0.15) is 10.8 Å². The Balaban J connectivity index is 1.98. The number of aryl methyl sites for hydroxylation is 1. The Morgan fingerprint density at radius 2 is 2.14 bits per heavy atom. The van der Waals surface area contributed by atoms with Crippen molar-refractivity contribution in [3.8, 4) is 5.75 Å². The van der Waals surface area contributed by atoms with Crippen LogP contribution in [0.25, 0.3) is 0 Å². The number of hydrogen-bond acceptors (Lipinski definition) is 4. The Bertz CT molecular complexity index is 685. The number of nitrogens with one attached hydrogen (secondary N) is 1. The van der Waals surface area contributed by atoms with Crippen molar-refractivity contribution in [2.45, 2.75) is 6.92 Å². The predicted molar refractivity (Wildman–Crippen MR) is 83.2 cm³/mol. The lowest BCUT2D eigenvalue weighted by Gasteiger charge is -2.09. The van der Waals surface area contributed by atoms with Crippen LogP contribution in [0.5, 0.6) is 5.75 Å². The fourth-order valence-electron chi connectivity index (χ4n) is 1.63. The van der Waals surface area contributed by atoms with E-state index in [1.165, 1.54) is 11.3 Å². The number of carbonyl (C=O) groups excluding carboxylic acids is 2. The number of halogens is 1. The number of amides is 2. The zero-order valence-electron chi connectivity index (χ0n) is 11.2. The molecule has 0 spiro atoms. The first-order valence-electron chi connectivity index (χ1n) is 6.03. The second kappa shape index (κ2) is 6.60. The largest absolute Gasteiger partial charge is 0.482 e. The highest BCUT2D eigenvalue weighted by atomic mass is 35.5. The Morgan fingerprint density at radius 1 is 1.38 bits per heavy atom. The number of thiophene rings is 1. The first-order chi connectivity index (χ1) is 9.97. The van der Waals surface area contributed by atoms with Crippen LogP contribution in [0, 0.1) is 6.92 Å². The number of hydrogen-bond donors (Lipinski definition) is 2. The summed E-state index contributed by atoms with van der Waals surface area (Å²) in [4.78, 5) is 23.0. The molecule has 2 amide bonds. The van der Waals surface area contributed by atoms with Crippen LogP contribution >= 0.6 is 22.9 Å². The molecule has 2 aromatic rings. The predicted octanol–water partition coefficient (Wildman–Crippen LogP) is 2.83. The van der Waals surface area contributed by atoms with E-state index in [9.17, 15) is 9.59 Å². The van der Waals surface area contributed by atoms with Crippen LogP contribution in [0.4, 0.5) is 5.00 Å². The molecular formula is C14H13ClN2O3S. The third-order valence-electron chi connectivity index (χ3n) is 2.63. The summed E-state index contributed by atoms with van der Waals surface area (Å²) < 4.78 is 5.37. The minimum atomic E-state index is -0.589. The molecule has 0 saturated carbocycles. The van der Waals surface area contributed by atoms with E-state index in [1.807, 2.05) is 13.0 Å². The molecule has 110 valence electrons. The highest BCUT2D eigenvalue weighted by Crippen LogP contribution is 2.26. The van der Waals surface area contributed by atoms with Crippen LogP contribution in [0.1, 0.15) is 15.9 Å². The molecule has 2 rings (SSSR count). The van der Waals surface area contributed by atoms with Gasteiger partial charge in [-0.3, -0.25) is 9.59 Å². The number of rotatable bonds is 5. The quantitative estimate of drug-likeness (QED) is 0.887. The van der Waals surface area contributed by atoms with Gasteiger partial charge in [0.15, 0.2) is 6.61 Å². The minimum absolute atomic E-state index is 0.209. The van der Waals surface area contributed by atoms with Gasteiger partial charge in [-0.1, -0.05) is 17.7 Å². The van der Waals surface area contributed by atoms with E-state index in [2.05, 4.69) is 5.32 Å². The molecule has 0 fully saturated rings. The Kier molecular flexibility index (Phi) is 4.82. The molecule has 7 heteroatoms. The molecule has 5 nitrogen and oxygen atoms in total. The fourth-order valence-corrected chi connectivity index (χ4v) is 2.61. The van der Waals surface area contributed by atoms with Crippen molar-refractivity contribution < 1.29 is 14.3 Å². The summed E-state index contributed by atoms with van der Waals surface area (Å²) in [6, 6.07) is 6.85. The molecule has 0 atom stereocenters. The SMILES string of the molecule is Cc1ccc(Cl)c(OCC(=O)Nc2sccc2C(N)=O)c1.